The molecule has 0 bridgehead atoms. The number of aromatic hydroxyl groups is 1. The highest BCUT2D eigenvalue weighted by molar-refractivity contribution is 5.85. The Balaban J connectivity index is 0.00000264. The Bertz CT molecular complexity index is 564. The molecule has 2 rings (SSSR count). The minimum atomic E-state index is -0.405. The highest BCUT2D eigenvalue weighted by Gasteiger charge is 2.31. The fourth-order valence-electron chi connectivity index (χ4n) is 2.97. The van der Waals surface area contributed by atoms with E-state index >= 15 is 0 Å². The predicted octanol–water partition coefficient (Wildman–Crippen LogP) is 3.36. The Morgan fingerprint density at radius 1 is 1.42 bits per heavy atom. The summed E-state index contributed by atoms with van der Waals surface area (Å²) in [5, 5.41) is 25.1. The molecule has 24 heavy (non-hydrogen) atoms. The third-order valence-electron chi connectivity index (χ3n) is 4.16. The van der Waals surface area contributed by atoms with Crippen LogP contribution in [0.5, 0.6) is 5.75 Å². The van der Waals surface area contributed by atoms with Gasteiger partial charge < -0.3 is 10.4 Å². The average molecular weight is 378 g/mol. The number of phenols is 1. The number of aryl methyl sites for hydroxylation is 1. The minimum absolute atomic E-state index is 0. The second-order valence-corrected chi connectivity index (χ2v) is 5.59. The molecule has 0 unspecified atom stereocenters. The number of rotatable bonds is 6. The van der Waals surface area contributed by atoms with Crippen LogP contribution in [0.1, 0.15) is 30.0 Å². The molecule has 1 saturated heterocycles. The Kier molecular flexibility index (Phi) is 9.92. The Hall–Kier alpha value is -1.34. The van der Waals surface area contributed by atoms with E-state index in [1.54, 1.807) is 13.0 Å². The standard InChI is InChI=1S/C16H23N3O3.2ClH/c1-3-4-5-13(18-10-8-17-9-11-18)15-14(19(21)22)7-6-12(2)16(15)20;;/h3,6-7,13,17,20H,1,4-5,8-11H2,2H3;2*1H/t13-;;/m0../s1. The van der Waals surface area contributed by atoms with Gasteiger partial charge in [0, 0.05) is 38.3 Å². The number of allylic oxidation sites excluding steroid dienone is 1. The molecular formula is C16H25Cl2N3O3. The molecule has 0 amide bonds. The summed E-state index contributed by atoms with van der Waals surface area (Å²) in [4.78, 5) is 13.2. The van der Waals surface area contributed by atoms with Gasteiger partial charge >= 0.3 is 0 Å². The van der Waals surface area contributed by atoms with Crippen molar-refractivity contribution in [3.63, 3.8) is 0 Å². The highest BCUT2D eigenvalue weighted by Crippen LogP contribution is 2.40. The first-order valence-electron chi connectivity index (χ1n) is 7.58. The Morgan fingerprint density at radius 3 is 2.58 bits per heavy atom. The number of phenolic OH excluding ortho intramolecular Hbond substituents is 1. The fraction of sp³-hybridized carbons (Fsp3) is 0.500. The average Bonchev–Trinajstić information content (AvgIpc) is 2.52. The van der Waals surface area contributed by atoms with Gasteiger partial charge in [-0.3, -0.25) is 15.0 Å². The normalized spacial score (nSPS) is 15.7. The molecular weight excluding hydrogens is 353 g/mol. The molecule has 1 aromatic rings. The van der Waals surface area contributed by atoms with Gasteiger partial charge in [0.25, 0.3) is 5.69 Å². The van der Waals surface area contributed by atoms with Gasteiger partial charge in [0.2, 0.25) is 0 Å². The van der Waals surface area contributed by atoms with E-state index in [-0.39, 0.29) is 42.3 Å². The number of nitro groups is 1. The molecule has 1 atom stereocenters. The van der Waals surface area contributed by atoms with Crippen LogP contribution >= 0.6 is 24.8 Å². The van der Waals surface area contributed by atoms with Crippen LogP contribution in [0.2, 0.25) is 0 Å². The number of piperazine rings is 1. The Morgan fingerprint density at radius 2 is 2.04 bits per heavy atom. The van der Waals surface area contributed by atoms with Crippen LogP contribution in [0.4, 0.5) is 5.69 Å². The largest absolute Gasteiger partial charge is 0.507 e. The highest BCUT2D eigenvalue weighted by atomic mass is 35.5. The summed E-state index contributed by atoms with van der Waals surface area (Å²) in [5.74, 6) is 0.0433. The topological polar surface area (TPSA) is 78.6 Å². The molecule has 6 nitrogen and oxygen atoms in total. The van der Waals surface area contributed by atoms with E-state index in [4.69, 9.17) is 0 Å². The molecule has 0 spiro atoms. The lowest BCUT2D eigenvalue weighted by Gasteiger charge is -2.35. The molecule has 1 aliphatic rings. The van der Waals surface area contributed by atoms with E-state index in [0.717, 1.165) is 32.6 Å². The van der Waals surface area contributed by atoms with Crippen LogP contribution in [0.3, 0.4) is 0 Å². The lowest BCUT2D eigenvalue weighted by atomic mass is 9.95. The fourth-order valence-corrected chi connectivity index (χ4v) is 2.97. The van der Waals surface area contributed by atoms with Crippen molar-refractivity contribution < 1.29 is 10.0 Å². The van der Waals surface area contributed by atoms with Crippen LogP contribution in [-0.4, -0.2) is 41.1 Å². The van der Waals surface area contributed by atoms with Gasteiger partial charge in [-0.25, -0.2) is 0 Å². The number of benzene rings is 1. The maximum atomic E-state index is 11.4. The maximum absolute atomic E-state index is 11.4. The number of hydrogen-bond acceptors (Lipinski definition) is 5. The zero-order chi connectivity index (χ0) is 16.1. The number of nitro benzene ring substituents is 1. The molecule has 8 heteroatoms. The van der Waals surface area contributed by atoms with Crippen molar-refractivity contribution in [2.75, 3.05) is 26.2 Å². The SMILES string of the molecule is C=CCC[C@@H](c1c([N+](=O)[O-])ccc(C)c1O)N1CCNCC1.Cl.Cl. The van der Waals surface area contributed by atoms with Gasteiger partial charge in [0.15, 0.2) is 0 Å². The maximum Gasteiger partial charge on any atom is 0.277 e. The van der Waals surface area contributed by atoms with E-state index in [0.29, 0.717) is 17.5 Å². The summed E-state index contributed by atoms with van der Waals surface area (Å²) >= 11 is 0. The molecule has 1 aromatic carbocycles. The first-order chi connectivity index (χ1) is 10.6. The summed E-state index contributed by atoms with van der Waals surface area (Å²) in [6.07, 6.45) is 3.27. The lowest BCUT2D eigenvalue weighted by Crippen LogP contribution is -2.45. The number of nitrogens with one attached hydrogen (secondary N) is 1. The third-order valence-corrected chi connectivity index (χ3v) is 4.16. The van der Waals surface area contributed by atoms with Crippen molar-refractivity contribution in [2.24, 2.45) is 0 Å². The van der Waals surface area contributed by atoms with Crippen molar-refractivity contribution in [1.82, 2.24) is 10.2 Å². The molecule has 136 valence electrons. The summed E-state index contributed by atoms with van der Waals surface area (Å²) in [7, 11) is 0. The van der Waals surface area contributed by atoms with Gasteiger partial charge in [0.1, 0.15) is 5.75 Å². The summed E-state index contributed by atoms with van der Waals surface area (Å²) in [5.41, 5.74) is 1.10. The smallest absolute Gasteiger partial charge is 0.277 e. The quantitative estimate of drug-likeness (QED) is 0.451. The zero-order valence-corrected chi connectivity index (χ0v) is 15.4. The van der Waals surface area contributed by atoms with E-state index in [9.17, 15) is 15.2 Å². The van der Waals surface area contributed by atoms with Crippen molar-refractivity contribution in [3.8, 4) is 5.75 Å². The third kappa shape index (κ3) is 5.08. The van der Waals surface area contributed by atoms with Crippen molar-refractivity contribution in [2.45, 2.75) is 25.8 Å². The van der Waals surface area contributed by atoms with Gasteiger partial charge in [-0.15, -0.1) is 31.4 Å². The second-order valence-electron chi connectivity index (χ2n) is 5.59. The molecule has 0 aliphatic carbocycles. The van der Waals surface area contributed by atoms with Crippen molar-refractivity contribution >= 4 is 30.5 Å². The van der Waals surface area contributed by atoms with Crippen LogP contribution < -0.4 is 5.32 Å². The van der Waals surface area contributed by atoms with Gasteiger partial charge in [-0.05, 0) is 31.4 Å². The van der Waals surface area contributed by atoms with Gasteiger partial charge in [-0.1, -0.05) is 6.08 Å². The van der Waals surface area contributed by atoms with Crippen LogP contribution in [0.25, 0.3) is 0 Å². The minimum Gasteiger partial charge on any atom is -0.507 e. The first-order valence-corrected chi connectivity index (χ1v) is 7.58. The molecule has 1 fully saturated rings. The number of halogens is 2. The van der Waals surface area contributed by atoms with Crippen molar-refractivity contribution in [3.05, 3.63) is 46.0 Å². The molecule has 2 N–H and O–H groups in total. The summed E-state index contributed by atoms with van der Waals surface area (Å²) in [6.45, 7) is 8.84. The number of hydrogen-bond donors (Lipinski definition) is 2. The van der Waals surface area contributed by atoms with E-state index in [1.807, 2.05) is 6.08 Å². The van der Waals surface area contributed by atoms with Crippen LogP contribution in [0, 0.1) is 17.0 Å². The summed E-state index contributed by atoms with van der Waals surface area (Å²) in [6, 6.07) is 2.92. The van der Waals surface area contributed by atoms with Gasteiger partial charge in [-0.2, -0.15) is 0 Å². The monoisotopic (exact) mass is 377 g/mol. The number of nitrogens with zero attached hydrogens (tertiary/aromatic N) is 2. The first kappa shape index (κ1) is 22.7. The lowest BCUT2D eigenvalue weighted by molar-refractivity contribution is -0.386. The Labute approximate surface area is 154 Å². The van der Waals surface area contributed by atoms with E-state index in [2.05, 4.69) is 16.8 Å². The second kappa shape index (κ2) is 10.5. The molecule has 0 aromatic heterocycles. The van der Waals surface area contributed by atoms with E-state index < -0.39 is 4.92 Å². The van der Waals surface area contributed by atoms with Crippen molar-refractivity contribution in [1.29, 1.82) is 0 Å². The van der Waals surface area contributed by atoms with E-state index in [1.165, 1.54) is 6.07 Å². The zero-order valence-electron chi connectivity index (χ0n) is 13.7. The van der Waals surface area contributed by atoms with Gasteiger partial charge in [0.05, 0.1) is 10.5 Å². The molecule has 0 saturated carbocycles. The predicted molar refractivity (Wildman–Crippen MR) is 101 cm³/mol. The van der Waals surface area contributed by atoms with Crippen LogP contribution in [-0.2, 0) is 0 Å². The summed E-state index contributed by atoms with van der Waals surface area (Å²) < 4.78 is 0. The van der Waals surface area contributed by atoms with Crippen LogP contribution in [0.15, 0.2) is 24.8 Å². The molecule has 1 heterocycles. The molecule has 1 aliphatic heterocycles. The molecule has 0 radical (unpaired) electrons.